The Morgan fingerprint density at radius 3 is 1.08 bits per heavy atom. The third-order valence-electron chi connectivity index (χ3n) is 16.3. The van der Waals surface area contributed by atoms with Crippen LogP contribution in [0.2, 0.25) is 0 Å². The summed E-state index contributed by atoms with van der Waals surface area (Å²) in [4.78, 5) is 25.7. The average molecular weight is 1220 g/mol. The molecule has 1 amide bonds. The van der Waals surface area contributed by atoms with Gasteiger partial charge in [-0.2, -0.15) is 0 Å². The maximum absolute atomic E-state index is 13.0. The highest BCUT2D eigenvalue weighted by atomic mass is 31.2. The van der Waals surface area contributed by atoms with Crippen LogP contribution in [0.5, 0.6) is 0 Å². The first kappa shape index (κ1) is 83.4. The minimum absolute atomic E-state index is 0.0114. The third-order valence-corrected chi connectivity index (χ3v) is 17.2. The van der Waals surface area contributed by atoms with Gasteiger partial charge >= 0.3 is 0 Å². The molecule has 2 N–H and O–H groups in total. The number of nitrogens with one attached hydrogen (secondary N) is 1. The third kappa shape index (κ3) is 68.9. The number of allylic oxidation sites excluding steroid dienone is 15. The van der Waals surface area contributed by atoms with E-state index in [0.717, 1.165) is 77.0 Å². The number of nitrogens with zero attached hydrogens (tertiary/aromatic N) is 1. The first-order chi connectivity index (χ1) is 42.0. The largest absolute Gasteiger partial charge is 0.756 e. The van der Waals surface area contributed by atoms with Gasteiger partial charge in [0, 0.05) is 6.42 Å². The number of likely N-dealkylation sites (N-methyl/N-ethyl adjacent to an activating group) is 1. The number of aliphatic hydroxyl groups excluding tert-OH is 1. The van der Waals surface area contributed by atoms with Crippen molar-refractivity contribution < 1.29 is 32.9 Å². The fourth-order valence-corrected chi connectivity index (χ4v) is 11.4. The van der Waals surface area contributed by atoms with Crippen LogP contribution in [0.15, 0.2) is 97.2 Å². The van der Waals surface area contributed by atoms with E-state index in [1.165, 1.54) is 238 Å². The number of unbranched alkanes of at least 4 members (excludes halogenated alkanes) is 40. The van der Waals surface area contributed by atoms with Gasteiger partial charge in [0.2, 0.25) is 5.91 Å². The van der Waals surface area contributed by atoms with Crippen LogP contribution in [0.1, 0.15) is 335 Å². The number of hydrogen-bond acceptors (Lipinski definition) is 6. The van der Waals surface area contributed by atoms with Gasteiger partial charge in [0.1, 0.15) is 13.2 Å². The predicted octanol–water partition coefficient (Wildman–Crippen LogP) is 23.0. The fraction of sp³-hybridized carbons (Fsp3) is 0.779. The van der Waals surface area contributed by atoms with Crippen molar-refractivity contribution in [2.45, 2.75) is 347 Å². The molecule has 500 valence electrons. The minimum Gasteiger partial charge on any atom is -0.756 e. The van der Waals surface area contributed by atoms with Crippen LogP contribution >= 0.6 is 7.82 Å². The lowest BCUT2D eigenvalue weighted by Crippen LogP contribution is -2.45. The van der Waals surface area contributed by atoms with Gasteiger partial charge in [0.15, 0.2) is 0 Å². The molecule has 9 heteroatoms. The number of carbonyl (C=O) groups is 1. The molecule has 0 fully saturated rings. The lowest BCUT2D eigenvalue weighted by Gasteiger charge is -2.29. The molecule has 0 aliphatic carbocycles. The number of quaternary nitrogens is 1. The Labute approximate surface area is 534 Å². The van der Waals surface area contributed by atoms with E-state index in [4.69, 9.17) is 9.05 Å². The lowest BCUT2D eigenvalue weighted by atomic mass is 10.0. The molecule has 0 aliphatic rings. The normalized spacial score (nSPS) is 14.2. The first-order valence-corrected chi connectivity index (χ1v) is 38.1. The van der Waals surface area contributed by atoms with Gasteiger partial charge < -0.3 is 28.8 Å². The molecule has 0 aromatic carbocycles. The zero-order valence-corrected chi connectivity index (χ0v) is 58.1. The zero-order chi connectivity index (χ0) is 62.6. The summed E-state index contributed by atoms with van der Waals surface area (Å²) in [6.45, 7) is 4.54. The quantitative estimate of drug-likeness (QED) is 0.0272. The Balaban J connectivity index is 4.10. The van der Waals surface area contributed by atoms with Gasteiger partial charge in [0.25, 0.3) is 7.82 Å². The molecule has 0 aromatic rings. The Bertz CT molecular complexity index is 1730. The number of phosphoric acid groups is 1. The van der Waals surface area contributed by atoms with E-state index in [1.54, 1.807) is 6.08 Å². The summed E-state index contributed by atoms with van der Waals surface area (Å²) in [5.74, 6) is -0.210. The van der Waals surface area contributed by atoms with Crippen LogP contribution in [0.4, 0.5) is 0 Å². The van der Waals surface area contributed by atoms with E-state index in [1.807, 2.05) is 27.2 Å². The lowest BCUT2D eigenvalue weighted by molar-refractivity contribution is -0.870. The molecule has 3 atom stereocenters. The maximum atomic E-state index is 13.0. The van der Waals surface area contributed by atoms with Crippen LogP contribution in [0, 0.1) is 0 Å². The maximum Gasteiger partial charge on any atom is 0.268 e. The number of rotatable bonds is 67. The summed E-state index contributed by atoms with van der Waals surface area (Å²) in [7, 11) is 1.24. The summed E-state index contributed by atoms with van der Waals surface area (Å²) < 4.78 is 23.5. The molecule has 0 radical (unpaired) electrons. The molecule has 3 unspecified atom stereocenters. The molecule has 0 rings (SSSR count). The van der Waals surface area contributed by atoms with Crippen molar-refractivity contribution >= 4 is 13.7 Å². The molecule has 0 bridgehead atoms. The van der Waals surface area contributed by atoms with Crippen molar-refractivity contribution in [2.75, 3.05) is 40.9 Å². The molecule has 0 heterocycles. The molecule has 0 aliphatic heterocycles. The highest BCUT2D eigenvalue weighted by Crippen LogP contribution is 2.38. The molecule has 0 saturated carbocycles. The second-order valence-electron chi connectivity index (χ2n) is 25.9. The van der Waals surface area contributed by atoms with Crippen molar-refractivity contribution in [2.24, 2.45) is 0 Å². The van der Waals surface area contributed by atoms with E-state index in [-0.39, 0.29) is 12.5 Å². The summed E-state index contributed by atoms with van der Waals surface area (Å²) in [6.07, 6.45) is 96.9. The van der Waals surface area contributed by atoms with E-state index >= 15 is 0 Å². The second kappa shape index (κ2) is 66.8. The average Bonchev–Trinajstić information content (AvgIpc) is 3.70. The van der Waals surface area contributed by atoms with Crippen molar-refractivity contribution in [3.05, 3.63) is 97.2 Å². The summed E-state index contributed by atoms with van der Waals surface area (Å²) in [6, 6.07) is -0.916. The van der Waals surface area contributed by atoms with Crippen molar-refractivity contribution in [3.63, 3.8) is 0 Å². The fourth-order valence-electron chi connectivity index (χ4n) is 10.6. The number of hydrogen-bond donors (Lipinski definition) is 2. The first-order valence-electron chi connectivity index (χ1n) is 36.6. The van der Waals surface area contributed by atoms with E-state index in [0.29, 0.717) is 17.4 Å². The number of amides is 1. The molecule has 0 aromatic heterocycles. The highest BCUT2D eigenvalue weighted by molar-refractivity contribution is 7.45. The Morgan fingerprint density at radius 1 is 0.419 bits per heavy atom. The van der Waals surface area contributed by atoms with Gasteiger partial charge in [-0.1, -0.05) is 336 Å². The van der Waals surface area contributed by atoms with Gasteiger partial charge in [-0.05, 0) is 89.9 Å². The van der Waals surface area contributed by atoms with Gasteiger partial charge in [-0.15, -0.1) is 0 Å². The van der Waals surface area contributed by atoms with Crippen molar-refractivity contribution in [3.8, 4) is 0 Å². The van der Waals surface area contributed by atoms with E-state index in [9.17, 15) is 19.4 Å². The molecular weight excluding hydrogens is 1080 g/mol. The number of carbonyl (C=O) groups excluding carboxylic acids is 1. The molecule has 8 nitrogen and oxygen atoms in total. The van der Waals surface area contributed by atoms with Crippen LogP contribution < -0.4 is 10.2 Å². The van der Waals surface area contributed by atoms with E-state index in [2.05, 4.69) is 104 Å². The minimum atomic E-state index is -4.62. The Morgan fingerprint density at radius 2 is 0.721 bits per heavy atom. The van der Waals surface area contributed by atoms with Gasteiger partial charge in [0.05, 0.1) is 39.9 Å². The van der Waals surface area contributed by atoms with Crippen LogP contribution in [0.3, 0.4) is 0 Å². The van der Waals surface area contributed by atoms with Crippen molar-refractivity contribution in [1.82, 2.24) is 5.32 Å². The standard InChI is InChI=1S/C77H141N2O6P/c1-6-8-10-12-14-16-18-20-22-24-26-28-30-32-34-36-38-39-41-43-45-47-49-51-53-55-57-59-61-63-65-67-69-71-77(81)78-75(74-85-86(82,83)84-73-72-79(3,4)5)76(80)70-68-66-64-62-60-58-56-54-52-50-48-46-44-42-40-37-35-33-31-29-27-25-23-21-19-17-15-13-11-9-7-2/h8,10,14,16,20,22,26,28,32,34,52,54,60,62,68,70,75-76,80H,6-7,9,11-13,15,17-19,21,23-25,27,29-31,33,35-51,53,55-59,61,63-67,69,71-74H2,1-5H3,(H-,78,81,82,83)/b10-8-,16-14-,22-20-,28-26-,34-32-,54-52+,62-60+,70-68+. The summed E-state index contributed by atoms with van der Waals surface area (Å²) >= 11 is 0. The highest BCUT2D eigenvalue weighted by Gasteiger charge is 2.23. The monoisotopic (exact) mass is 1220 g/mol. The Hall–Kier alpha value is -2.58. The van der Waals surface area contributed by atoms with Crippen molar-refractivity contribution in [1.29, 1.82) is 0 Å². The summed E-state index contributed by atoms with van der Waals surface area (Å²) in [5, 5.41) is 14.0. The molecule has 86 heavy (non-hydrogen) atoms. The van der Waals surface area contributed by atoms with E-state index < -0.39 is 26.6 Å². The molecule has 0 spiro atoms. The van der Waals surface area contributed by atoms with Crippen LogP contribution in [-0.2, 0) is 18.4 Å². The molecular formula is C77H141N2O6P. The topological polar surface area (TPSA) is 108 Å². The Kier molecular flexibility index (Phi) is 64.8. The molecule has 0 saturated heterocycles. The predicted molar refractivity (Wildman–Crippen MR) is 376 cm³/mol. The number of phosphoric ester groups is 1. The number of aliphatic hydroxyl groups is 1. The smallest absolute Gasteiger partial charge is 0.268 e. The van der Waals surface area contributed by atoms with Gasteiger partial charge in [-0.25, -0.2) is 0 Å². The summed E-state index contributed by atoms with van der Waals surface area (Å²) in [5.41, 5.74) is 0. The second-order valence-corrected chi connectivity index (χ2v) is 27.3. The zero-order valence-electron chi connectivity index (χ0n) is 57.3. The SMILES string of the molecule is CC/C=C\C/C=C\C/C=C\C/C=C\C/C=C\CCCCCCCCCCCCCCCCCCCC(=O)NC(COP(=O)([O-])OCC[N+](C)(C)C)C(O)/C=C/CC/C=C/CC/C=C/CCCCCCCCCCCCCCCCCCCCCCC. The van der Waals surface area contributed by atoms with Crippen LogP contribution in [0.25, 0.3) is 0 Å². The van der Waals surface area contributed by atoms with Crippen LogP contribution in [-0.4, -0.2) is 68.5 Å². The van der Waals surface area contributed by atoms with Gasteiger partial charge in [-0.3, -0.25) is 9.36 Å².